The van der Waals surface area contributed by atoms with Gasteiger partial charge in [-0.3, -0.25) is 20.0 Å². The van der Waals surface area contributed by atoms with E-state index in [4.69, 9.17) is 0 Å². The van der Waals surface area contributed by atoms with Crippen LogP contribution in [0.3, 0.4) is 0 Å². The number of nitro groups is 1. The molecule has 0 aliphatic carbocycles. The Morgan fingerprint density at radius 2 is 1.73 bits per heavy atom. The molecule has 9 heteroatoms. The van der Waals surface area contributed by atoms with E-state index in [9.17, 15) is 10.1 Å². The molecule has 0 bridgehead atoms. The van der Waals surface area contributed by atoms with E-state index in [2.05, 4.69) is 37.3 Å². The van der Waals surface area contributed by atoms with Gasteiger partial charge in [0.2, 0.25) is 11.6 Å². The van der Waals surface area contributed by atoms with Crippen molar-refractivity contribution in [3.05, 3.63) is 88.9 Å². The molecule has 3 heterocycles. The summed E-state index contributed by atoms with van der Waals surface area (Å²) in [6.07, 6.45) is 3.10. The van der Waals surface area contributed by atoms with Crippen LogP contribution in [0, 0.1) is 10.1 Å². The van der Waals surface area contributed by atoms with Crippen molar-refractivity contribution in [2.24, 2.45) is 0 Å². The van der Waals surface area contributed by atoms with Gasteiger partial charge in [-0.05, 0) is 29.8 Å². The highest BCUT2D eigenvalue weighted by molar-refractivity contribution is 5.93. The van der Waals surface area contributed by atoms with Gasteiger partial charge in [-0.2, -0.15) is 0 Å². The molecule has 2 aromatic carbocycles. The van der Waals surface area contributed by atoms with Crippen molar-refractivity contribution in [3.63, 3.8) is 0 Å². The molecule has 0 atom stereocenters. The van der Waals surface area contributed by atoms with Gasteiger partial charge in [-0.15, -0.1) is 0 Å². The fourth-order valence-corrected chi connectivity index (χ4v) is 4.16. The maximum Gasteiger partial charge on any atom is 0.353 e. The number of aromatic nitrogens is 3. The number of rotatable bonds is 6. The molecule has 1 aliphatic rings. The van der Waals surface area contributed by atoms with Crippen LogP contribution in [0.15, 0.2) is 73.2 Å². The van der Waals surface area contributed by atoms with E-state index in [-0.39, 0.29) is 11.5 Å². The van der Waals surface area contributed by atoms with Crippen LogP contribution in [0.1, 0.15) is 5.56 Å². The third-order valence-electron chi connectivity index (χ3n) is 5.81. The van der Waals surface area contributed by atoms with Gasteiger partial charge in [0.05, 0.1) is 10.4 Å². The third kappa shape index (κ3) is 4.44. The predicted octanol–water partition coefficient (Wildman–Crippen LogP) is 4.00. The monoisotopic (exact) mass is 441 g/mol. The zero-order chi connectivity index (χ0) is 22.6. The number of piperazine rings is 1. The van der Waals surface area contributed by atoms with Gasteiger partial charge < -0.3 is 10.2 Å². The number of nitrogens with zero attached hydrogens (tertiary/aromatic N) is 6. The number of anilines is 3. The molecule has 0 unspecified atom stereocenters. The van der Waals surface area contributed by atoms with Crippen LogP contribution < -0.4 is 10.2 Å². The zero-order valence-electron chi connectivity index (χ0n) is 18.0. The molecule has 0 saturated carbocycles. The lowest BCUT2D eigenvalue weighted by atomic mass is 10.2. The van der Waals surface area contributed by atoms with Crippen LogP contribution in [-0.4, -0.2) is 51.0 Å². The highest BCUT2D eigenvalue weighted by Crippen LogP contribution is 2.35. The largest absolute Gasteiger partial charge is 0.353 e. The van der Waals surface area contributed by atoms with E-state index >= 15 is 0 Å². The number of pyridine rings is 1. The van der Waals surface area contributed by atoms with Gasteiger partial charge in [-0.25, -0.2) is 9.97 Å². The summed E-state index contributed by atoms with van der Waals surface area (Å²) >= 11 is 0. The summed E-state index contributed by atoms with van der Waals surface area (Å²) in [5, 5.41) is 16.1. The molecule has 2 aromatic heterocycles. The number of fused-ring (bicyclic) bond motifs is 1. The summed E-state index contributed by atoms with van der Waals surface area (Å²) < 4.78 is 0. The molecule has 0 radical (unpaired) electrons. The molecular weight excluding hydrogens is 418 g/mol. The van der Waals surface area contributed by atoms with Crippen molar-refractivity contribution in [2.75, 3.05) is 36.4 Å². The van der Waals surface area contributed by atoms with E-state index in [1.807, 2.05) is 53.4 Å². The molecule has 166 valence electrons. The highest BCUT2D eigenvalue weighted by Gasteiger charge is 2.29. The molecule has 5 rings (SSSR count). The molecule has 1 aliphatic heterocycles. The summed E-state index contributed by atoms with van der Waals surface area (Å²) in [6.45, 7) is 3.77. The van der Waals surface area contributed by atoms with Crippen LogP contribution in [0.4, 0.5) is 23.0 Å². The van der Waals surface area contributed by atoms with Gasteiger partial charge in [0.15, 0.2) is 0 Å². The lowest BCUT2D eigenvalue weighted by molar-refractivity contribution is -0.383. The van der Waals surface area contributed by atoms with Gasteiger partial charge in [0.25, 0.3) is 0 Å². The minimum absolute atomic E-state index is 0.116. The maximum atomic E-state index is 12.1. The van der Waals surface area contributed by atoms with Gasteiger partial charge in [0.1, 0.15) is 6.33 Å². The van der Waals surface area contributed by atoms with Crippen molar-refractivity contribution < 1.29 is 4.92 Å². The average molecular weight is 441 g/mol. The molecule has 0 spiro atoms. The Balaban J connectivity index is 1.38. The van der Waals surface area contributed by atoms with Crippen LogP contribution in [0.5, 0.6) is 0 Å². The highest BCUT2D eigenvalue weighted by atomic mass is 16.6. The Morgan fingerprint density at radius 3 is 2.52 bits per heavy atom. The molecule has 33 heavy (non-hydrogen) atoms. The summed E-state index contributed by atoms with van der Waals surface area (Å²) in [5.41, 5.74) is 2.65. The minimum Gasteiger partial charge on any atom is -0.348 e. The zero-order valence-corrected chi connectivity index (χ0v) is 18.0. The number of benzene rings is 2. The van der Waals surface area contributed by atoms with Gasteiger partial charge in [-0.1, -0.05) is 36.4 Å². The van der Waals surface area contributed by atoms with E-state index in [1.54, 1.807) is 6.20 Å². The molecule has 1 saturated heterocycles. The van der Waals surface area contributed by atoms with Crippen molar-refractivity contribution in [3.8, 4) is 0 Å². The molecule has 9 nitrogen and oxygen atoms in total. The predicted molar refractivity (Wildman–Crippen MR) is 128 cm³/mol. The number of hydrogen-bond acceptors (Lipinski definition) is 8. The SMILES string of the molecule is O=[N+]([O-])c1c(Nc2cccc3ncccc23)ncnc1N1CCN(Cc2ccccc2)CC1. The van der Waals surface area contributed by atoms with E-state index in [1.165, 1.54) is 11.9 Å². The average Bonchev–Trinajstić information content (AvgIpc) is 2.85. The Labute approximate surface area is 190 Å². The van der Waals surface area contributed by atoms with Crippen LogP contribution in [0.2, 0.25) is 0 Å². The first kappa shape index (κ1) is 20.8. The van der Waals surface area contributed by atoms with E-state index in [0.29, 0.717) is 24.6 Å². The molecule has 1 fully saturated rings. The maximum absolute atomic E-state index is 12.1. The smallest absolute Gasteiger partial charge is 0.348 e. The van der Waals surface area contributed by atoms with Crippen molar-refractivity contribution in [1.29, 1.82) is 0 Å². The molecule has 1 N–H and O–H groups in total. The van der Waals surface area contributed by atoms with Gasteiger partial charge >= 0.3 is 5.69 Å². The van der Waals surface area contributed by atoms with Crippen molar-refractivity contribution in [2.45, 2.75) is 6.54 Å². The first-order valence-electron chi connectivity index (χ1n) is 10.8. The van der Waals surface area contributed by atoms with Gasteiger partial charge in [0, 0.05) is 50.0 Å². The lowest BCUT2D eigenvalue weighted by Gasteiger charge is -2.35. The Bertz CT molecular complexity index is 1270. The second-order valence-electron chi connectivity index (χ2n) is 7.90. The normalized spacial score (nSPS) is 14.4. The third-order valence-corrected chi connectivity index (χ3v) is 5.81. The van der Waals surface area contributed by atoms with Crippen LogP contribution in [0.25, 0.3) is 10.9 Å². The minimum atomic E-state index is -0.405. The lowest BCUT2D eigenvalue weighted by Crippen LogP contribution is -2.46. The standard InChI is InChI=1S/C24H23N7O2/c32-31(33)22-23(28-21-10-4-9-20-19(21)8-5-11-25-20)26-17-27-24(22)30-14-12-29(13-15-30)16-18-6-2-1-3-7-18/h1-11,17H,12-16H2,(H,26,27,28). The quantitative estimate of drug-likeness (QED) is 0.354. The Morgan fingerprint density at radius 1 is 0.909 bits per heavy atom. The molecule has 0 amide bonds. The second-order valence-corrected chi connectivity index (χ2v) is 7.90. The first-order valence-corrected chi connectivity index (χ1v) is 10.8. The summed E-state index contributed by atoms with van der Waals surface area (Å²) in [7, 11) is 0. The van der Waals surface area contributed by atoms with Crippen LogP contribution >= 0.6 is 0 Å². The number of nitrogens with one attached hydrogen (secondary N) is 1. The molecular formula is C24H23N7O2. The topological polar surface area (TPSA) is 100 Å². The fourth-order valence-electron chi connectivity index (χ4n) is 4.16. The van der Waals surface area contributed by atoms with Crippen molar-refractivity contribution >= 4 is 33.9 Å². The second kappa shape index (κ2) is 9.17. The summed E-state index contributed by atoms with van der Waals surface area (Å²) in [5.74, 6) is 0.517. The van der Waals surface area contributed by atoms with Crippen molar-refractivity contribution in [1.82, 2.24) is 19.9 Å². The Kier molecular flexibility index (Phi) is 5.77. The molecule has 4 aromatic rings. The van der Waals surface area contributed by atoms with Crippen LogP contribution in [-0.2, 0) is 6.54 Å². The first-order chi connectivity index (χ1) is 16.2. The number of hydrogen-bond donors (Lipinski definition) is 1. The fraction of sp³-hybridized carbons (Fsp3) is 0.208. The van der Waals surface area contributed by atoms with E-state index < -0.39 is 4.92 Å². The summed E-state index contributed by atoms with van der Waals surface area (Å²) in [4.78, 5) is 28.8. The summed E-state index contributed by atoms with van der Waals surface area (Å²) in [6, 6.07) is 19.7. The Hall–Kier alpha value is -4.11. The van der Waals surface area contributed by atoms with E-state index in [0.717, 1.165) is 30.5 Å².